The van der Waals surface area contributed by atoms with Crippen LogP contribution in [0.2, 0.25) is 0 Å². The van der Waals surface area contributed by atoms with E-state index in [0.717, 1.165) is 9.48 Å². The molecule has 0 aliphatic rings. The van der Waals surface area contributed by atoms with Gasteiger partial charge >= 0.3 is 5.95 Å². The first kappa shape index (κ1) is 17.5. The van der Waals surface area contributed by atoms with Gasteiger partial charge in [-0.2, -0.15) is 9.78 Å². The number of hydrogen-bond acceptors (Lipinski definition) is 13. The highest BCUT2D eigenvalue weighted by Crippen LogP contribution is 2.14. The lowest BCUT2D eigenvalue weighted by molar-refractivity contribution is -0.394. The highest BCUT2D eigenvalue weighted by molar-refractivity contribution is 5.95. The first-order valence-corrected chi connectivity index (χ1v) is 7.13. The lowest BCUT2D eigenvalue weighted by Crippen LogP contribution is -2.24. The second-order valence-corrected chi connectivity index (χ2v) is 5.07. The maximum Gasteiger partial charge on any atom is 0.514 e. The summed E-state index contributed by atoms with van der Waals surface area (Å²) in [6.07, 6.45) is 0. The van der Waals surface area contributed by atoms with Gasteiger partial charge in [0.05, 0.1) is 21.6 Å². The van der Waals surface area contributed by atoms with Gasteiger partial charge in [0, 0.05) is 5.21 Å². The topological polar surface area (TPSA) is 224 Å². The molecule has 0 aromatic carbocycles. The number of nitrogens with zero attached hydrogens (tertiary/aromatic N) is 11. The number of carbonyl (C=O) groups is 1. The molecule has 17 nitrogen and oxygen atoms in total. The zero-order valence-corrected chi connectivity index (χ0v) is 13.8. The van der Waals surface area contributed by atoms with Crippen molar-refractivity contribution in [3.05, 3.63) is 21.5 Å². The quantitative estimate of drug-likeness (QED) is 0.277. The van der Waals surface area contributed by atoms with Crippen LogP contribution in [0.1, 0.15) is 23.1 Å². The molecule has 0 spiro atoms. The van der Waals surface area contributed by atoms with Gasteiger partial charge < -0.3 is 15.8 Å². The fraction of sp³-hybridized carbons (Fsp3) is 0.300. The van der Waals surface area contributed by atoms with E-state index < -0.39 is 16.8 Å². The van der Waals surface area contributed by atoms with Gasteiger partial charge in [-0.15, -0.1) is 5.10 Å². The van der Waals surface area contributed by atoms with Crippen LogP contribution >= 0.6 is 0 Å². The van der Waals surface area contributed by atoms with Gasteiger partial charge in [-0.25, -0.2) is 10.1 Å². The molecule has 0 radical (unpaired) electrons. The Balaban J connectivity index is 1.74. The van der Waals surface area contributed by atoms with E-state index in [1.807, 2.05) is 0 Å². The molecule has 3 N–H and O–H groups in total. The summed E-state index contributed by atoms with van der Waals surface area (Å²) >= 11 is 0. The predicted molar refractivity (Wildman–Crippen MR) is 83.4 cm³/mol. The summed E-state index contributed by atoms with van der Waals surface area (Å²) in [5.74, 6) is -1.37. The number of nitrogens with two attached hydrogens (primary N) is 1. The molecule has 17 heteroatoms. The molecule has 1 amide bonds. The third kappa shape index (κ3) is 3.55. The minimum Gasteiger partial charge on any atom is -0.390 e. The molecule has 3 heterocycles. The van der Waals surface area contributed by atoms with E-state index in [-0.39, 0.29) is 29.6 Å². The van der Waals surface area contributed by atoms with Crippen LogP contribution in [-0.4, -0.2) is 62.1 Å². The largest absolute Gasteiger partial charge is 0.514 e. The normalized spacial score (nSPS) is 11.6. The average Bonchev–Trinajstić information content (AvgIpc) is 3.33. The maximum absolute atomic E-state index is 12.4. The van der Waals surface area contributed by atoms with E-state index >= 15 is 0 Å². The van der Waals surface area contributed by atoms with Gasteiger partial charge in [0.25, 0.3) is 5.91 Å². The lowest BCUT2D eigenvalue weighted by Gasteiger charge is -2.03. The highest BCUT2D eigenvalue weighted by Gasteiger charge is 2.23. The molecular weight excluding hydrogens is 366 g/mol. The zero-order chi connectivity index (χ0) is 19.6. The molecule has 140 valence electrons. The Hall–Kier alpha value is -4.31. The van der Waals surface area contributed by atoms with Gasteiger partial charge in [-0.05, 0) is 29.1 Å². The Morgan fingerprint density at radius 3 is 2.78 bits per heavy atom. The van der Waals surface area contributed by atoms with Crippen molar-refractivity contribution in [2.75, 3.05) is 5.73 Å². The smallest absolute Gasteiger partial charge is 0.390 e. The summed E-state index contributed by atoms with van der Waals surface area (Å²) in [6.45, 7) is 3.08. The fourth-order valence-electron chi connectivity index (χ4n) is 1.92. The standard InChI is InChI=1S/C10H11N13O4/c1-4(3-21-16-10(15-19-21)23(25)26)12-14-9(24)6-5(2)13-20-22(6)8-7(11)17-27-18-8/h3H2,1-2H3,(H2,11,17)(H,14,24)/b12-4-. The number of aryl methyl sites for hydroxylation is 1. The van der Waals surface area contributed by atoms with Crippen molar-refractivity contribution in [1.29, 1.82) is 0 Å². The number of nitrogens with one attached hydrogen (secondary N) is 1. The van der Waals surface area contributed by atoms with Crippen molar-refractivity contribution < 1.29 is 14.3 Å². The van der Waals surface area contributed by atoms with Gasteiger partial charge in [0.15, 0.2) is 5.69 Å². The van der Waals surface area contributed by atoms with Crippen molar-refractivity contribution in [1.82, 2.24) is 50.9 Å². The Kier molecular flexibility index (Phi) is 4.47. The Morgan fingerprint density at radius 2 is 2.15 bits per heavy atom. The van der Waals surface area contributed by atoms with Gasteiger partial charge in [0.1, 0.15) is 6.54 Å². The first-order valence-electron chi connectivity index (χ1n) is 7.13. The molecule has 3 rings (SSSR count). The van der Waals surface area contributed by atoms with Gasteiger partial charge in [-0.3, -0.25) is 4.79 Å². The summed E-state index contributed by atoms with van der Waals surface area (Å²) in [6, 6.07) is 0. The number of anilines is 1. The van der Waals surface area contributed by atoms with Crippen LogP contribution in [0, 0.1) is 17.0 Å². The van der Waals surface area contributed by atoms with Crippen LogP contribution in [0.25, 0.3) is 5.82 Å². The summed E-state index contributed by atoms with van der Waals surface area (Å²) in [5, 5.41) is 39.2. The van der Waals surface area contributed by atoms with Gasteiger partial charge in [-0.1, -0.05) is 10.0 Å². The fourth-order valence-corrected chi connectivity index (χ4v) is 1.92. The number of nitro groups is 1. The third-order valence-electron chi connectivity index (χ3n) is 3.07. The number of aromatic nitrogens is 9. The van der Waals surface area contributed by atoms with Crippen molar-refractivity contribution in [3.8, 4) is 5.82 Å². The van der Waals surface area contributed by atoms with Crippen LogP contribution < -0.4 is 11.2 Å². The van der Waals surface area contributed by atoms with Crippen molar-refractivity contribution >= 4 is 23.4 Å². The monoisotopic (exact) mass is 377 g/mol. The Bertz CT molecular complexity index is 1030. The molecular formula is C10H11N13O4. The summed E-state index contributed by atoms with van der Waals surface area (Å²) in [4.78, 5) is 23.1. The van der Waals surface area contributed by atoms with Crippen LogP contribution in [-0.2, 0) is 6.54 Å². The second kappa shape index (κ2) is 6.90. The van der Waals surface area contributed by atoms with Gasteiger partial charge in [0.2, 0.25) is 11.6 Å². The van der Waals surface area contributed by atoms with Crippen molar-refractivity contribution in [3.63, 3.8) is 0 Å². The second-order valence-electron chi connectivity index (χ2n) is 5.07. The van der Waals surface area contributed by atoms with E-state index in [2.05, 4.69) is 51.2 Å². The van der Waals surface area contributed by atoms with E-state index in [9.17, 15) is 14.9 Å². The maximum atomic E-state index is 12.4. The summed E-state index contributed by atoms with van der Waals surface area (Å²) in [5.41, 5.74) is 8.55. The number of rotatable bonds is 6. The number of tetrazole rings is 1. The SMILES string of the molecule is C/C(Cn1nnc([N+](=O)[O-])n1)=N/NC(=O)c1c(C)nnn1-c1nonc1N. The third-order valence-corrected chi connectivity index (χ3v) is 3.07. The van der Waals surface area contributed by atoms with E-state index in [4.69, 9.17) is 5.73 Å². The van der Waals surface area contributed by atoms with Crippen LogP contribution in [0.3, 0.4) is 0 Å². The number of nitrogen functional groups attached to an aromatic ring is 1. The predicted octanol–water partition coefficient (Wildman–Crippen LogP) is -1.76. The molecule has 0 saturated carbocycles. The van der Waals surface area contributed by atoms with E-state index in [1.165, 1.54) is 0 Å². The van der Waals surface area contributed by atoms with Crippen molar-refractivity contribution in [2.45, 2.75) is 20.4 Å². The Morgan fingerprint density at radius 1 is 1.37 bits per heavy atom. The Labute approximate surface area is 148 Å². The summed E-state index contributed by atoms with van der Waals surface area (Å²) in [7, 11) is 0. The van der Waals surface area contributed by atoms with Crippen LogP contribution in [0.15, 0.2) is 9.73 Å². The van der Waals surface area contributed by atoms with Crippen molar-refractivity contribution in [2.24, 2.45) is 5.10 Å². The van der Waals surface area contributed by atoms with E-state index in [0.29, 0.717) is 5.71 Å². The minimum absolute atomic E-state index is 0.000534. The molecule has 0 unspecified atom stereocenters. The molecule has 0 fully saturated rings. The average molecular weight is 377 g/mol. The molecule has 0 bridgehead atoms. The molecule has 27 heavy (non-hydrogen) atoms. The zero-order valence-electron chi connectivity index (χ0n) is 13.8. The van der Waals surface area contributed by atoms with E-state index in [1.54, 1.807) is 13.8 Å². The summed E-state index contributed by atoms with van der Waals surface area (Å²) < 4.78 is 5.54. The number of hydrazone groups is 1. The molecule has 0 atom stereocenters. The molecule has 0 saturated heterocycles. The number of amides is 1. The van der Waals surface area contributed by atoms with Crippen LogP contribution in [0.5, 0.6) is 0 Å². The number of carbonyl (C=O) groups excluding carboxylic acids is 1. The minimum atomic E-state index is -0.779. The lowest BCUT2D eigenvalue weighted by atomic mass is 10.3. The molecule has 3 aromatic heterocycles. The van der Waals surface area contributed by atoms with Crippen LogP contribution in [0.4, 0.5) is 11.8 Å². The molecule has 3 aromatic rings. The molecule has 0 aliphatic heterocycles. The number of hydrogen-bond donors (Lipinski definition) is 2. The highest BCUT2D eigenvalue weighted by atomic mass is 16.6. The first-order chi connectivity index (χ1) is 12.9. The molecule has 0 aliphatic carbocycles.